The van der Waals surface area contributed by atoms with Gasteiger partial charge in [-0.05, 0) is 48.5 Å². The Bertz CT molecular complexity index is 599. The standard InChI is InChI=1S/C22H32OSi/c1-22(2,3)24(4,5)23-21(20-16-10-7-11-17-20)18-12-15-19-13-8-6-9-14-19/h6-11,13-14,16-17,21H,12,15,18H2,1-5H3. The van der Waals surface area contributed by atoms with E-state index in [1.807, 2.05) is 0 Å². The highest BCUT2D eigenvalue weighted by Crippen LogP contribution is 2.40. The molecular weight excluding hydrogens is 308 g/mol. The van der Waals surface area contributed by atoms with Crippen molar-refractivity contribution in [3.63, 3.8) is 0 Å². The van der Waals surface area contributed by atoms with Crippen molar-refractivity contribution >= 4 is 8.32 Å². The number of benzene rings is 2. The van der Waals surface area contributed by atoms with Gasteiger partial charge in [0.15, 0.2) is 8.32 Å². The summed E-state index contributed by atoms with van der Waals surface area (Å²) in [5, 5.41) is 0.236. The van der Waals surface area contributed by atoms with Crippen molar-refractivity contribution in [1.29, 1.82) is 0 Å². The van der Waals surface area contributed by atoms with Crippen molar-refractivity contribution in [2.45, 2.75) is 64.3 Å². The molecule has 0 spiro atoms. The lowest BCUT2D eigenvalue weighted by Crippen LogP contribution is -2.41. The molecule has 0 bridgehead atoms. The lowest BCUT2D eigenvalue weighted by Gasteiger charge is -2.39. The highest BCUT2D eigenvalue weighted by molar-refractivity contribution is 6.74. The van der Waals surface area contributed by atoms with Crippen molar-refractivity contribution in [2.24, 2.45) is 0 Å². The third kappa shape index (κ3) is 5.32. The van der Waals surface area contributed by atoms with E-state index in [-0.39, 0.29) is 11.1 Å². The predicted molar refractivity (Wildman–Crippen MR) is 107 cm³/mol. The fourth-order valence-electron chi connectivity index (χ4n) is 2.63. The molecule has 0 saturated carbocycles. The Hall–Kier alpha value is -1.38. The van der Waals surface area contributed by atoms with Crippen LogP contribution >= 0.6 is 0 Å². The van der Waals surface area contributed by atoms with Crippen LogP contribution in [0.15, 0.2) is 60.7 Å². The minimum Gasteiger partial charge on any atom is -0.410 e. The van der Waals surface area contributed by atoms with Crippen LogP contribution in [-0.2, 0) is 10.8 Å². The Kier molecular flexibility index (Phi) is 6.42. The Morgan fingerprint density at radius 3 is 1.96 bits per heavy atom. The zero-order chi connectivity index (χ0) is 17.6. The van der Waals surface area contributed by atoms with E-state index in [4.69, 9.17) is 4.43 Å². The number of hydrogen-bond donors (Lipinski definition) is 0. The second-order valence-corrected chi connectivity index (χ2v) is 12.9. The summed E-state index contributed by atoms with van der Waals surface area (Å²) in [5.74, 6) is 0. The van der Waals surface area contributed by atoms with Gasteiger partial charge >= 0.3 is 0 Å². The van der Waals surface area contributed by atoms with Gasteiger partial charge in [-0.3, -0.25) is 0 Å². The molecule has 1 nitrogen and oxygen atoms in total. The lowest BCUT2D eigenvalue weighted by atomic mass is 10.0. The van der Waals surface area contributed by atoms with E-state index in [0.717, 1.165) is 19.3 Å². The van der Waals surface area contributed by atoms with Crippen molar-refractivity contribution in [3.05, 3.63) is 71.8 Å². The van der Waals surface area contributed by atoms with Gasteiger partial charge in [0.1, 0.15) is 0 Å². The normalized spacial score (nSPS) is 13.7. The molecule has 0 aromatic heterocycles. The van der Waals surface area contributed by atoms with E-state index >= 15 is 0 Å². The van der Waals surface area contributed by atoms with Crippen LogP contribution in [-0.4, -0.2) is 8.32 Å². The van der Waals surface area contributed by atoms with Gasteiger partial charge in [0.2, 0.25) is 0 Å². The fraction of sp³-hybridized carbons (Fsp3) is 0.455. The Morgan fingerprint density at radius 2 is 1.42 bits per heavy atom. The van der Waals surface area contributed by atoms with Crippen molar-refractivity contribution in [1.82, 2.24) is 0 Å². The highest BCUT2D eigenvalue weighted by atomic mass is 28.4. The zero-order valence-electron chi connectivity index (χ0n) is 15.9. The van der Waals surface area contributed by atoms with Crippen molar-refractivity contribution in [3.8, 4) is 0 Å². The van der Waals surface area contributed by atoms with Gasteiger partial charge in [-0.25, -0.2) is 0 Å². The number of aryl methyl sites for hydroxylation is 1. The molecule has 2 aromatic carbocycles. The molecule has 0 amide bonds. The summed E-state index contributed by atoms with van der Waals surface area (Å²) < 4.78 is 6.77. The van der Waals surface area contributed by atoms with Crippen LogP contribution < -0.4 is 0 Å². The molecule has 0 aliphatic carbocycles. The van der Waals surface area contributed by atoms with Crippen molar-refractivity contribution < 1.29 is 4.43 Å². The maximum Gasteiger partial charge on any atom is 0.192 e. The lowest BCUT2D eigenvalue weighted by molar-refractivity contribution is 0.171. The van der Waals surface area contributed by atoms with Crippen LogP contribution in [0, 0.1) is 0 Å². The first-order valence-electron chi connectivity index (χ1n) is 9.06. The van der Waals surface area contributed by atoms with E-state index in [2.05, 4.69) is 94.5 Å². The van der Waals surface area contributed by atoms with Gasteiger partial charge < -0.3 is 4.43 Å². The fourth-order valence-corrected chi connectivity index (χ4v) is 3.95. The maximum absolute atomic E-state index is 6.77. The molecule has 2 heteroatoms. The molecular formula is C22H32OSi. The van der Waals surface area contributed by atoms with E-state index in [0.29, 0.717) is 0 Å². The molecule has 0 aliphatic rings. The summed E-state index contributed by atoms with van der Waals surface area (Å²) in [4.78, 5) is 0. The SMILES string of the molecule is CC(C)(C)[Si](C)(C)OC(CCCc1ccccc1)c1ccccc1. The van der Waals surface area contributed by atoms with Crippen LogP contribution in [0.3, 0.4) is 0 Å². The molecule has 130 valence electrons. The summed E-state index contributed by atoms with van der Waals surface area (Å²) >= 11 is 0. The largest absolute Gasteiger partial charge is 0.410 e. The molecule has 0 saturated heterocycles. The van der Waals surface area contributed by atoms with Gasteiger partial charge in [-0.2, -0.15) is 0 Å². The van der Waals surface area contributed by atoms with Crippen LogP contribution in [0.4, 0.5) is 0 Å². The van der Waals surface area contributed by atoms with Crippen molar-refractivity contribution in [2.75, 3.05) is 0 Å². The molecule has 2 rings (SSSR count). The van der Waals surface area contributed by atoms with Gasteiger partial charge in [-0.15, -0.1) is 0 Å². The second-order valence-electron chi connectivity index (χ2n) is 8.16. The van der Waals surface area contributed by atoms with Crippen LogP contribution in [0.5, 0.6) is 0 Å². The highest BCUT2D eigenvalue weighted by Gasteiger charge is 2.39. The van der Waals surface area contributed by atoms with Gasteiger partial charge in [0.05, 0.1) is 6.10 Å². The quantitative estimate of drug-likeness (QED) is 0.505. The summed E-state index contributed by atoms with van der Waals surface area (Å²) in [5.41, 5.74) is 2.73. The predicted octanol–water partition coefficient (Wildman–Crippen LogP) is 6.77. The maximum atomic E-state index is 6.77. The monoisotopic (exact) mass is 340 g/mol. The number of rotatable bonds is 7. The molecule has 24 heavy (non-hydrogen) atoms. The van der Waals surface area contributed by atoms with E-state index in [1.165, 1.54) is 11.1 Å². The molecule has 0 fully saturated rings. The van der Waals surface area contributed by atoms with Crippen LogP contribution in [0.1, 0.15) is 50.8 Å². The second kappa shape index (κ2) is 8.13. The molecule has 0 N–H and O–H groups in total. The van der Waals surface area contributed by atoms with Crippen LogP contribution in [0.25, 0.3) is 0 Å². The Labute approximate surface area is 149 Å². The Morgan fingerprint density at radius 1 is 0.875 bits per heavy atom. The molecule has 2 aromatic rings. The van der Waals surface area contributed by atoms with Gasteiger partial charge in [0, 0.05) is 0 Å². The third-order valence-electron chi connectivity index (χ3n) is 5.19. The summed E-state index contributed by atoms with van der Waals surface area (Å²) in [6.07, 6.45) is 3.55. The first-order chi connectivity index (χ1) is 11.3. The van der Waals surface area contributed by atoms with Gasteiger partial charge in [-0.1, -0.05) is 81.4 Å². The molecule has 0 aliphatic heterocycles. The average Bonchev–Trinajstić information content (AvgIpc) is 2.54. The number of hydrogen-bond acceptors (Lipinski definition) is 1. The third-order valence-corrected chi connectivity index (χ3v) is 9.68. The smallest absolute Gasteiger partial charge is 0.192 e. The molecule has 0 heterocycles. The summed E-state index contributed by atoms with van der Waals surface area (Å²) in [6.45, 7) is 11.6. The molecule has 0 radical (unpaired) electrons. The topological polar surface area (TPSA) is 9.23 Å². The minimum absolute atomic E-state index is 0.204. The molecule has 1 atom stereocenters. The summed E-state index contributed by atoms with van der Waals surface area (Å²) in [7, 11) is -1.78. The first-order valence-corrected chi connectivity index (χ1v) is 12.0. The minimum atomic E-state index is -1.78. The summed E-state index contributed by atoms with van der Waals surface area (Å²) in [6, 6.07) is 21.5. The van der Waals surface area contributed by atoms with Crippen LogP contribution in [0.2, 0.25) is 18.1 Å². The van der Waals surface area contributed by atoms with E-state index < -0.39 is 8.32 Å². The van der Waals surface area contributed by atoms with E-state index in [9.17, 15) is 0 Å². The molecule has 1 unspecified atom stereocenters. The van der Waals surface area contributed by atoms with E-state index in [1.54, 1.807) is 0 Å². The average molecular weight is 341 g/mol. The zero-order valence-corrected chi connectivity index (χ0v) is 16.9. The Balaban J connectivity index is 2.06. The van der Waals surface area contributed by atoms with Gasteiger partial charge in [0.25, 0.3) is 0 Å². The first kappa shape index (κ1) is 18.9.